The maximum absolute atomic E-state index is 12.7. The minimum atomic E-state index is -2.95. The number of rotatable bonds is 6. The molecule has 0 radical (unpaired) electrons. The van der Waals surface area contributed by atoms with Gasteiger partial charge in [0.25, 0.3) is 0 Å². The van der Waals surface area contributed by atoms with Gasteiger partial charge in [0.05, 0.1) is 6.54 Å². The van der Waals surface area contributed by atoms with Crippen LogP contribution in [0.25, 0.3) is 11.1 Å². The quantitative estimate of drug-likeness (QED) is 0.750. The number of nitrogens with two attached hydrogens (primary N) is 1. The van der Waals surface area contributed by atoms with Crippen LogP contribution in [0.1, 0.15) is 11.1 Å². The van der Waals surface area contributed by atoms with Crippen LogP contribution in [0, 0.1) is 0 Å². The van der Waals surface area contributed by atoms with E-state index in [9.17, 15) is 8.78 Å². The number of ether oxygens (including phenoxy) is 1. The number of hydrogen-bond acceptors (Lipinski definition) is 5. The summed E-state index contributed by atoms with van der Waals surface area (Å²) in [6, 6.07) is 9.06. The Kier molecular flexibility index (Phi) is 4.76. The highest BCUT2D eigenvalue weighted by Gasteiger charge is 2.14. The van der Waals surface area contributed by atoms with Crippen molar-refractivity contribution in [3.8, 4) is 17.0 Å². The lowest BCUT2D eigenvalue weighted by Gasteiger charge is -2.12. The van der Waals surface area contributed by atoms with Crippen molar-refractivity contribution in [2.75, 3.05) is 0 Å². The van der Waals surface area contributed by atoms with Crippen molar-refractivity contribution in [2.24, 2.45) is 5.73 Å². The van der Waals surface area contributed by atoms with E-state index in [1.807, 2.05) is 18.2 Å². The molecule has 0 aliphatic heterocycles. The molecule has 3 aromatic rings. The van der Waals surface area contributed by atoms with Gasteiger partial charge in [-0.25, -0.2) is 14.6 Å². The molecular weight excluding hydrogens is 316 g/mol. The molecule has 0 aliphatic carbocycles. The number of alkyl halides is 2. The molecule has 2 aromatic heterocycles. The number of pyridine rings is 1. The molecule has 0 saturated carbocycles. The van der Waals surface area contributed by atoms with Crippen LogP contribution < -0.4 is 10.5 Å². The summed E-state index contributed by atoms with van der Waals surface area (Å²) in [5, 5.41) is 4.02. The normalized spacial score (nSPS) is 11.0. The summed E-state index contributed by atoms with van der Waals surface area (Å²) >= 11 is 0. The summed E-state index contributed by atoms with van der Waals surface area (Å²) in [4.78, 5) is 7.91. The maximum atomic E-state index is 12.7. The Morgan fingerprint density at radius 3 is 2.79 bits per heavy atom. The first-order valence-electron chi connectivity index (χ1n) is 7.21. The van der Waals surface area contributed by atoms with Crippen molar-refractivity contribution < 1.29 is 13.5 Å². The second-order valence-corrected chi connectivity index (χ2v) is 5.07. The number of halogens is 2. The largest absolute Gasteiger partial charge is 0.416 e. The Morgan fingerprint density at radius 1 is 1.21 bits per heavy atom. The molecule has 0 bridgehead atoms. The van der Waals surface area contributed by atoms with Gasteiger partial charge in [0.1, 0.15) is 12.7 Å². The molecule has 24 heavy (non-hydrogen) atoms. The van der Waals surface area contributed by atoms with Crippen molar-refractivity contribution in [1.29, 1.82) is 0 Å². The van der Waals surface area contributed by atoms with Crippen molar-refractivity contribution in [3.63, 3.8) is 0 Å². The van der Waals surface area contributed by atoms with Crippen molar-refractivity contribution >= 4 is 0 Å². The average molecular weight is 331 g/mol. The summed E-state index contributed by atoms with van der Waals surface area (Å²) in [6.45, 7) is -2.17. The molecule has 0 amide bonds. The summed E-state index contributed by atoms with van der Waals surface area (Å²) in [7, 11) is 0. The lowest BCUT2D eigenvalue weighted by Crippen LogP contribution is -2.07. The predicted molar refractivity (Wildman–Crippen MR) is 83.3 cm³/mol. The molecule has 0 atom stereocenters. The van der Waals surface area contributed by atoms with E-state index < -0.39 is 6.61 Å². The SMILES string of the molecule is NCc1cccc(-c2cc(Cn3cncn3)cnc2OC(F)F)c1. The van der Waals surface area contributed by atoms with Crippen molar-refractivity contribution in [3.05, 3.63) is 60.3 Å². The van der Waals surface area contributed by atoms with E-state index in [2.05, 4.69) is 19.8 Å². The molecule has 2 N–H and O–H groups in total. The third-order valence-corrected chi connectivity index (χ3v) is 3.39. The fourth-order valence-electron chi connectivity index (χ4n) is 2.33. The molecule has 0 spiro atoms. The zero-order valence-electron chi connectivity index (χ0n) is 12.6. The fourth-order valence-corrected chi connectivity index (χ4v) is 2.33. The molecule has 2 heterocycles. The molecule has 8 heteroatoms. The van der Waals surface area contributed by atoms with Crippen LogP contribution in [0.3, 0.4) is 0 Å². The number of hydrogen-bond donors (Lipinski definition) is 1. The first-order chi connectivity index (χ1) is 11.7. The van der Waals surface area contributed by atoms with Crippen LogP contribution in [-0.4, -0.2) is 26.4 Å². The minimum absolute atomic E-state index is 0.124. The van der Waals surface area contributed by atoms with E-state index in [0.29, 0.717) is 24.2 Å². The van der Waals surface area contributed by atoms with Crippen molar-refractivity contribution in [1.82, 2.24) is 19.7 Å². The highest BCUT2D eigenvalue weighted by molar-refractivity contribution is 5.69. The van der Waals surface area contributed by atoms with Gasteiger partial charge in [-0.2, -0.15) is 13.9 Å². The highest BCUT2D eigenvalue weighted by atomic mass is 19.3. The van der Waals surface area contributed by atoms with Gasteiger partial charge in [-0.3, -0.25) is 0 Å². The predicted octanol–water partition coefficient (Wildman–Crippen LogP) is 2.45. The monoisotopic (exact) mass is 331 g/mol. The van der Waals surface area contributed by atoms with Gasteiger partial charge < -0.3 is 10.5 Å². The molecule has 6 nitrogen and oxygen atoms in total. The second-order valence-electron chi connectivity index (χ2n) is 5.07. The lowest BCUT2D eigenvalue weighted by atomic mass is 10.0. The zero-order chi connectivity index (χ0) is 16.9. The molecule has 0 unspecified atom stereocenters. The van der Waals surface area contributed by atoms with Gasteiger partial charge in [0, 0.05) is 18.3 Å². The van der Waals surface area contributed by atoms with E-state index >= 15 is 0 Å². The van der Waals surface area contributed by atoms with E-state index in [1.54, 1.807) is 23.1 Å². The zero-order valence-corrected chi connectivity index (χ0v) is 12.6. The minimum Gasteiger partial charge on any atom is -0.416 e. The number of benzene rings is 1. The third-order valence-electron chi connectivity index (χ3n) is 3.39. The molecule has 0 aliphatic rings. The summed E-state index contributed by atoms with van der Waals surface area (Å²) in [5.41, 5.74) is 8.51. The Labute approximate surface area is 136 Å². The van der Waals surface area contributed by atoms with Gasteiger partial charge in [-0.05, 0) is 28.8 Å². The molecule has 124 valence electrons. The van der Waals surface area contributed by atoms with Crippen LogP contribution in [0.15, 0.2) is 49.2 Å². The summed E-state index contributed by atoms with van der Waals surface area (Å²) in [6.07, 6.45) is 4.47. The van der Waals surface area contributed by atoms with Gasteiger partial charge in [-0.15, -0.1) is 0 Å². The summed E-state index contributed by atoms with van der Waals surface area (Å²) in [5.74, 6) is -0.124. The smallest absolute Gasteiger partial charge is 0.388 e. The first kappa shape index (κ1) is 16.0. The Bertz CT molecular complexity index is 808. The molecule has 0 saturated heterocycles. The molecule has 3 rings (SSSR count). The lowest BCUT2D eigenvalue weighted by molar-refractivity contribution is -0.0524. The van der Waals surface area contributed by atoms with E-state index in [4.69, 9.17) is 5.73 Å². The van der Waals surface area contributed by atoms with E-state index in [-0.39, 0.29) is 5.88 Å². The Balaban J connectivity index is 2.01. The van der Waals surface area contributed by atoms with Crippen LogP contribution in [0.5, 0.6) is 5.88 Å². The van der Waals surface area contributed by atoms with Crippen LogP contribution >= 0.6 is 0 Å². The first-order valence-corrected chi connectivity index (χ1v) is 7.21. The standard InChI is InChI=1S/C16H15F2N5O/c17-16(18)24-15-14(13-3-1-2-11(4-13)6-19)5-12(7-21-15)8-23-10-20-9-22-23/h1-5,7,9-10,16H,6,8,19H2. The second kappa shape index (κ2) is 7.14. The van der Waals surface area contributed by atoms with Gasteiger partial charge in [0.2, 0.25) is 5.88 Å². The van der Waals surface area contributed by atoms with Crippen LogP contribution in [-0.2, 0) is 13.1 Å². The molecule has 1 aromatic carbocycles. The molecule has 0 fully saturated rings. The van der Waals surface area contributed by atoms with Gasteiger partial charge >= 0.3 is 6.61 Å². The van der Waals surface area contributed by atoms with E-state index in [1.165, 1.54) is 12.5 Å². The third kappa shape index (κ3) is 3.72. The Hall–Kier alpha value is -2.87. The maximum Gasteiger partial charge on any atom is 0.388 e. The summed E-state index contributed by atoms with van der Waals surface area (Å²) < 4.78 is 31.5. The van der Waals surface area contributed by atoms with Crippen LogP contribution in [0.2, 0.25) is 0 Å². The molecular formula is C16H15F2N5O. The number of nitrogens with zero attached hydrogens (tertiary/aromatic N) is 4. The highest BCUT2D eigenvalue weighted by Crippen LogP contribution is 2.30. The topological polar surface area (TPSA) is 78.9 Å². The van der Waals surface area contributed by atoms with Crippen molar-refractivity contribution in [2.45, 2.75) is 19.7 Å². The van der Waals surface area contributed by atoms with Gasteiger partial charge in [-0.1, -0.05) is 18.2 Å². The fraction of sp³-hybridized carbons (Fsp3) is 0.188. The van der Waals surface area contributed by atoms with Crippen LogP contribution in [0.4, 0.5) is 8.78 Å². The number of aromatic nitrogens is 4. The van der Waals surface area contributed by atoms with Gasteiger partial charge in [0.15, 0.2) is 0 Å². The average Bonchev–Trinajstić information content (AvgIpc) is 3.09. The van der Waals surface area contributed by atoms with E-state index in [0.717, 1.165) is 11.1 Å². The Morgan fingerprint density at radius 2 is 2.08 bits per heavy atom.